The first kappa shape index (κ1) is 23.0. The first-order valence-corrected chi connectivity index (χ1v) is 11.5. The van der Waals surface area contributed by atoms with Gasteiger partial charge in [0.15, 0.2) is 11.5 Å². The molecular weight excluding hydrogens is 454 g/mol. The number of ether oxygens (including phenoxy) is 4. The summed E-state index contributed by atoms with van der Waals surface area (Å²) in [5.74, 6) is 2.23. The number of aliphatic imine (C=N–C) groups is 2. The van der Waals surface area contributed by atoms with Crippen LogP contribution in [0.15, 0.2) is 40.7 Å². The van der Waals surface area contributed by atoms with Gasteiger partial charge in [0.25, 0.3) is 0 Å². The Balaban J connectivity index is 1.32. The molecule has 0 unspecified atom stereocenters. The number of rotatable bonds is 7. The number of methoxy groups -OCH3 is 1. The number of carbonyl (C=O) groups excluding carboxylic acids is 1. The Hall–Kier alpha value is -3.77. The molecule has 3 aliphatic rings. The molecule has 0 atom stereocenters. The topological polar surface area (TPSA) is 123 Å². The molecule has 1 fully saturated rings. The van der Waals surface area contributed by atoms with Gasteiger partial charge in [-0.25, -0.2) is 19.8 Å². The second-order valence-corrected chi connectivity index (χ2v) is 8.00. The maximum atomic E-state index is 12.5. The molecule has 3 aliphatic heterocycles. The van der Waals surface area contributed by atoms with Crippen molar-refractivity contribution >= 4 is 23.6 Å². The fraction of sp³-hybridized carbons (Fsp3) is 0.435. The molecule has 0 radical (unpaired) electrons. The molecule has 12 heteroatoms. The Morgan fingerprint density at radius 3 is 2.89 bits per heavy atom. The lowest BCUT2D eigenvalue weighted by Crippen LogP contribution is -2.48. The van der Waals surface area contributed by atoms with Gasteiger partial charge in [0.2, 0.25) is 11.8 Å². The van der Waals surface area contributed by atoms with E-state index in [4.69, 9.17) is 23.9 Å². The van der Waals surface area contributed by atoms with Crippen molar-refractivity contribution in [3.63, 3.8) is 0 Å². The average molecular weight is 482 g/mol. The molecule has 12 nitrogen and oxygen atoms in total. The van der Waals surface area contributed by atoms with Gasteiger partial charge in [-0.05, 0) is 18.6 Å². The molecule has 1 saturated heterocycles. The number of carbonyl (C=O) groups is 1. The van der Waals surface area contributed by atoms with Crippen molar-refractivity contribution in [1.29, 1.82) is 0 Å². The lowest BCUT2D eigenvalue weighted by molar-refractivity contribution is 0.0357. The van der Waals surface area contributed by atoms with E-state index in [1.165, 1.54) is 18.6 Å². The van der Waals surface area contributed by atoms with E-state index >= 15 is 0 Å². The van der Waals surface area contributed by atoms with Crippen molar-refractivity contribution < 1.29 is 23.7 Å². The number of amides is 1. The second kappa shape index (κ2) is 10.7. The number of aromatic nitrogens is 2. The molecule has 5 rings (SSSR count). The van der Waals surface area contributed by atoms with Gasteiger partial charge in [-0.2, -0.15) is 0 Å². The zero-order chi connectivity index (χ0) is 24.0. The van der Waals surface area contributed by atoms with Crippen LogP contribution in [0.5, 0.6) is 17.4 Å². The molecule has 35 heavy (non-hydrogen) atoms. The Morgan fingerprint density at radius 1 is 1.20 bits per heavy atom. The molecule has 0 spiro atoms. The van der Waals surface area contributed by atoms with Crippen LogP contribution in [0.4, 0.5) is 10.5 Å². The van der Waals surface area contributed by atoms with Crippen molar-refractivity contribution in [3.8, 4) is 17.4 Å². The number of amidine groups is 1. The Labute approximate surface area is 202 Å². The zero-order valence-electron chi connectivity index (χ0n) is 19.5. The standard InChI is InChI=1S/C23H27N7O5/c1-32-20-17(34-12-2-8-29-10-13-33-14-11-29)4-3-16-19(20)27-22(30-9-7-25-21(16)30)28-23(31)35-18-5-6-24-15-26-18/h3-6,15H,2,7-14H2,1H3,(H,27,28,31). The van der Waals surface area contributed by atoms with Gasteiger partial charge in [-0.3, -0.25) is 20.1 Å². The van der Waals surface area contributed by atoms with Gasteiger partial charge in [0, 0.05) is 44.0 Å². The largest absolute Gasteiger partial charge is 0.491 e. The minimum Gasteiger partial charge on any atom is -0.491 e. The maximum absolute atomic E-state index is 12.5. The van der Waals surface area contributed by atoms with Gasteiger partial charge in [-0.1, -0.05) is 0 Å². The van der Waals surface area contributed by atoms with E-state index in [-0.39, 0.29) is 5.88 Å². The first-order valence-electron chi connectivity index (χ1n) is 11.5. The third kappa shape index (κ3) is 5.17. The third-order valence-corrected chi connectivity index (χ3v) is 5.80. The Kier molecular flexibility index (Phi) is 7.00. The van der Waals surface area contributed by atoms with Crippen LogP contribution >= 0.6 is 0 Å². The zero-order valence-corrected chi connectivity index (χ0v) is 19.5. The highest BCUT2D eigenvalue weighted by atomic mass is 16.6. The summed E-state index contributed by atoms with van der Waals surface area (Å²) < 4.78 is 22.4. The Bertz CT molecular complexity index is 1120. The van der Waals surface area contributed by atoms with Crippen LogP contribution < -0.4 is 19.5 Å². The Morgan fingerprint density at radius 2 is 2.09 bits per heavy atom. The van der Waals surface area contributed by atoms with Crippen molar-refractivity contribution in [2.75, 3.05) is 59.7 Å². The van der Waals surface area contributed by atoms with Crippen LogP contribution in [0.1, 0.15) is 12.0 Å². The molecule has 0 saturated carbocycles. The number of guanidine groups is 1. The SMILES string of the molecule is COc1c(OCCCN2CCOCC2)ccc2c1N=C(NC(=O)Oc1ccncn1)N1CCN=C21. The molecule has 184 valence electrons. The van der Waals surface area contributed by atoms with Crippen molar-refractivity contribution in [2.24, 2.45) is 9.98 Å². The van der Waals surface area contributed by atoms with Gasteiger partial charge in [0.05, 0.1) is 33.5 Å². The van der Waals surface area contributed by atoms with Crippen LogP contribution in [0, 0.1) is 0 Å². The minimum absolute atomic E-state index is 0.134. The molecule has 0 aliphatic carbocycles. The highest BCUT2D eigenvalue weighted by Crippen LogP contribution is 2.43. The lowest BCUT2D eigenvalue weighted by atomic mass is 10.1. The summed E-state index contributed by atoms with van der Waals surface area (Å²) in [5.41, 5.74) is 1.36. The first-order chi connectivity index (χ1) is 17.2. The van der Waals surface area contributed by atoms with Crippen LogP contribution in [-0.2, 0) is 4.74 Å². The summed E-state index contributed by atoms with van der Waals surface area (Å²) in [6.07, 6.45) is 2.95. The normalized spacial score (nSPS) is 17.1. The fourth-order valence-corrected chi connectivity index (χ4v) is 4.15. The molecule has 1 aromatic carbocycles. The fourth-order valence-electron chi connectivity index (χ4n) is 4.15. The molecule has 1 amide bonds. The molecule has 1 N–H and O–H groups in total. The predicted octanol–water partition coefficient (Wildman–Crippen LogP) is 1.44. The van der Waals surface area contributed by atoms with Gasteiger partial charge in [0.1, 0.15) is 17.9 Å². The maximum Gasteiger partial charge on any atom is 0.420 e. The van der Waals surface area contributed by atoms with E-state index in [9.17, 15) is 4.79 Å². The summed E-state index contributed by atoms with van der Waals surface area (Å²) >= 11 is 0. The monoisotopic (exact) mass is 481 g/mol. The van der Waals surface area contributed by atoms with Gasteiger partial charge in [-0.15, -0.1) is 0 Å². The van der Waals surface area contributed by atoms with Gasteiger partial charge < -0.3 is 18.9 Å². The summed E-state index contributed by atoms with van der Waals surface area (Å²) in [4.78, 5) is 33.7. The quantitative estimate of drug-likeness (QED) is 0.585. The summed E-state index contributed by atoms with van der Waals surface area (Å²) in [7, 11) is 1.57. The highest BCUT2D eigenvalue weighted by molar-refractivity contribution is 6.18. The second-order valence-electron chi connectivity index (χ2n) is 8.00. The van der Waals surface area contributed by atoms with Crippen molar-refractivity contribution in [1.82, 2.24) is 25.1 Å². The number of benzene rings is 1. The number of nitrogens with zero attached hydrogens (tertiary/aromatic N) is 6. The van der Waals surface area contributed by atoms with Crippen LogP contribution in [0.25, 0.3) is 0 Å². The van der Waals surface area contributed by atoms with Crippen LogP contribution in [0.3, 0.4) is 0 Å². The summed E-state index contributed by atoms with van der Waals surface area (Å²) in [6, 6.07) is 5.29. The van der Waals surface area contributed by atoms with Crippen LogP contribution in [-0.4, -0.2) is 97.3 Å². The third-order valence-electron chi connectivity index (χ3n) is 5.80. The number of nitrogens with one attached hydrogen (secondary N) is 1. The molecule has 1 aromatic heterocycles. The number of hydrogen-bond donors (Lipinski definition) is 1. The van der Waals surface area contributed by atoms with Crippen LogP contribution in [0.2, 0.25) is 0 Å². The molecule has 2 aromatic rings. The summed E-state index contributed by atoms with van der Waals surface area (Å²) in [6.45, 7) is 6.11. The summed E-state index contributed by atoms with van der Waals surface area (Å²) in [5, 5.41) is 2.70. The van der Waals surface area contributed by atoms with E-state index in [1.807, 2.05) is 17.0 Å². The number of morpholine rings is 1. The molecule has 4 heterocycles. The average Bonchev–Trinajstić information content (AvgIpc) is 3.38. The van der Waals surface area contributed by atoms with E-state index in [1.54, 1.807) is 7.11 Å². The van der Waals surface area contributed by atoms with E-state index in [0.29, 0.717) is 48.7 Å². The van der Waals surface area contributed by atoms with Crippen molar-refractivity contribution in [2.45, 2.75) is 6.42 Å². The molecular formula is C23H27N7O5. The number of fused-ring (bicyclic) bond motifs is 3. The smallest absolute Gasteiger partial charge is 0.420 e. The van der Waals surface area contributed by atoms with E-state index in [0.717, 1.165) is 44.8 Å². The highest BCUT2D eigenvalue weighted by Gasteiger charge is 2.33. The lowest BCUT2D eigenvalue weighted by Gasteiger charge is -2.28. The molecule has 0 bridgehead atoms. The number of hydrogen-bond acceptors (Lipinski definition) is 11. The van der Waals surface area contributed by atoms with Gasteiger partial charge >= 0.3 is 6.09 Å². The van der Waals surface area contributed by atoms with E-state index < -0.39 is 6.09 Å². The minimum atomic E-state index is -0.716. The van der Waals surface area contributed by atoms with E-state index in [2.05, 4.69) is 25.2 Å². The predicted molar refractivity (Wildman–Crippen MR) is 127 cm³/mol. The van der Waals surface area contributed by atoms with Crippen molar-refractivity contribution in [3.05, 3.63) is 36.3 Å².